The third kappa shape index (κ3) is 8.01. The number of ether oxygens (including phenoxy) is 2. The molecule has 0 aliphatic heterocycles. The van der Waals surface area contributed by atoms with Crippen LogP contribution in [0.15, 0.2) is 30.3 Å². The van der Waals surface area contributed by atoms with Crippen LogP contribution in [0.5, 0.6) is 5.75 Å². The molecule has 2 unspecified atom stereocenters. The normalized spacial score (nSPS) is 15.4. The molecule has 136 valence electrons. The van der Waals surface area contributed by atoms with E-state index >= 15 is 0 Å². The first kappa shape index (κ1) is 20.8. The van der Waals surface area contributed by atoms with Crippen LogP contribution in [-0.2, 0) is 4.74 Å². The fraction of sp³-hybridized carbons (Fsp3) is 0.636. The Labute approximate surface area is 149 Å². The molecule has 0 N–H and O–H groups in total. The second-order valence-corrected chi connectivity index (χ2v) is 7.01. The third-order valence-electron chi connectivity index (χ3n) is 4.85. The topological polar surface area (TPSA) is 18.5 Å². The van der Waals surface area contributed by atoms with Crippen molar-refractivity contribution >= 4 is 6.08 Å². The van der Waals surface area contributed by atoms with Crippen molar-refractivity contribution in [1.29, 1.82) is 0 Å². The lowest BCUT2D eigenvalue weighted by Crippen LogP contribution is -2.25. The van der Waals surface area contributed by atoms with Crippen LogP contribution in [0.1, 0.15) is 71.8 Å². The van der Waals surface area contributed by atoms with Gasteiger partial charge in [0.1, 0.15) is 5.75 Å². The summed E-state index contributed by atoms with van der Waals surface area (Å²) in [7, 11) is 1.82. The Kier molecular flexibility index (Phi) is 9.78. The maximum Gasteiger partial charge on any atom is 0.119 e. The molecule has 0 amide bonds. The van der Waals surface area contributed by atoms with Gasteiger partial charge in [-0.2, -0.15) is 0 Å². The Bertz CT molecular complexity index is 475. The van der Waals surface area contributed by atoms with Gasteiger partial charge in [-0.3, -0.25) is 0 Å². The minimum Gasteiger partial charge on any atom is -0.494 e. The lowest BCUT2D eigenvalue weighted by molar-refractivity contribution is -0.00649. The molecule has 0 saturated carbocycles. The molecule has 24 heavy (non-hydrogen) atoms. The summed E-state index contributed by atoms with van der Waals surface area (Å²) in [4.78, 5) is 0. The molecule has 0 spiro atoms. The third-order valence-corrected chi connectivity index (χ3v) is 4.85. The summed E-state index contributed by atoms with van der Waals surface area (Å²) >= 11 is 0. The number of rotatable bonds is 12. The highest BCUT2D eigenvalue weighted by atomic mass is 16.5. The summed E-state index contributed by atoms with van der Waals surface area (Å²) < 4.78 is 11.4. The van der Waals surface area contributed by atoms with Crippen LogP contribution in [0.2, 0.25) is 0 Å². The molecule has 1 rings (SSSR count). The first-order valence-corrected chi connectivity index (χ1v) is 9.49. The fourth-order valence-corrected chi connectivity index (χ4v) is 2.64. The highest BCUT2D eigenvalue weighted by molar-refractivity contribution is 5.51. The minimum absolute atomic E-state index is 0.0353. The number of allylic oxidation sites excluding steroid dienone is 1. The van der Waals surface area contributed by atoms with Crippen LogP contribution in [0.25, 0.3) is 6.08 Å². The number of unbranched alkanes of at least 4 members (excludes halogenated alkanes) is 1. The Hall–Kier alpha value is -1.28. The van der Waals surface area contributed by atoms with Crippen molar-refractivity contribution < 1.29 is 9.47 Å². The quantitative estimate of drug-likeness (QED) is 0.407. The fourth-order valence-electron chi connectivity index (χ4n) is 2.64. The SMILES string of the molecule is CCCCOc1cccc(/C=C/C(C)CCCC(C)(CC)OC)c1. The van der Waals surface area contributed by atoms with Crippen molar-refractivity contribution in [2.75, 3.05) is 13.7 Å². The van der Waals surface area contributed by atoms with E-state index in [1.54, 1.807) is 0 Å². The van der Waals surface area contributed by atoms with Crippen LogP contribution in [0.4, 0.5) is 0 Å². The van der Waals surface area contributed by atoms with Gasteiger partial charge in [0.25, 0.3) is 0 Å². The Morgan fingerprint density at radius 2 is 2.00 bits per heavy atom. The summed E-state index contributed by atoms with van der Waals surface area (Å²) in [6, 6.07) is 8.36. The smallest absolute Gasteiger partial charge is 0.119 e. The predicted octanol–water partition coefficient (Wildman–Crippen LogP) is 6.50. The van der Waals surface area contributed by atoms with Crippen LogP contribution >= 0.6 is 0 Å². The van der Waals surface area contributed by atoms with E-state index in [1.165, 1.54) is 18.4 Å². The first-order chi connectivity index (χ1) is 11.5. The second kappa shape index (κ2) is 11.3. The zero-order valence-electron chi connectivity index (χ0n) is 16.3. The number of hydrogen-bond donors (Lipinski definition) is 0. The molecule has 2 heteroatoms. The van der Waals surface area contributed by atoms with Crippen LogP contribution < -0.4 is 4.74 Å². The number of benzene rings is 1. The van der Waals surface area contributed by atoms with E-state index in [4.69, 9.17) is 9.47 Å². The van der Waals surface area contributed by atoms with Gasteiger partial charge < -0.3 is 9.47 Å². The highest BCUT2D eigenvalue weighted by Crippen LogP contribution is 2.24. The molecule has 0 radical (unpaired) electrons. The van der Waals surface area contributed by atoms with E-state index in [0.29, 0.717) is 5.92 Å². The summed E-state index contributed by atoms with van der Waals surface area (Å²) in [6.07, 6.45) is 11.4. The summed E-state index contributed by atoms with van der Waals surface area (Å²) in [5, 5.41) is 0. The monoisotopic (exact) mass is 332 g/mol. The molecule has 0 aromatic heterocycles. The van der Waals surface area contributed by atoms with Gasteiger partial charge in [0.05, 0.1) is 12.2 Å². The van der Waals surface area contributed by atoms with Gasteiger partial charge >= 0.3 is 0 Å². The van der Waals surface area contributed by atoms with Gasteiger partial charge in [-0.25, -0.2) is 0 Å². The standard InChI is InChI=1S/C22H36O2/c1-6-8-17-24-21-13-9-12-20(18-21)15-14-19(3)11-10-16-22(4,7-2)23-5/h9,12-15,18-19H,6-8,10-11,16-17H2,1-5H3/b15-14+. The second-order valence-electron chi connectivity index (χ2n) is 7.01. The maximum atomic E-state index is 5.77. The summed E-state index contributed by atoms with van der Waals surface area (Å²) in [5.41, 5.74) is 1.25. The first-order valence-electron chi connectivity index (χ1n) is 9.49. The largest absolute Gasteiger partial charge is 0.494 e. The van der Waals surface area contributed by atoms with E-state index in [0.717, 1.165) is 38.0 Å². The lowest BCUT2D eigenvalue weighted by Gasteiger charge is -2.26. The molecule has 0 aliphatic rings. The molecule has 0 heterocycles. The van der Waals surface area contributed by atoms with Crippen molar-refractivity contribution in [3.05, 3.63) is 35.9 Å². The summed E-state index contributed by atoms with van der Waals surface area (Å²) in [6.45, 7) is 9.67. The van der Waals surface area contributed by atoms with E-state index in [2.05, 4.69) is 58.0 Å². The van der Waals surface area contributed by atoms with Crippen molar-refractivity contribution in [1.82, 2.24) is 0 Å². The molecule has 0 bridgehead atoms. The molecular weight excluding hydrogens is 296 g/mol. The van der Waals surface area contributed by atoms with E-state index in [-0.39, 0.29) is 5.60 Å². The van der Waals surface area contributed by atoms with Crippen molar-refractivity contribution in [2.45, 2.75) is 71.8 Å². The van der Waals surface area contributed by atoms with E-state index in [1.807, 2.05) is 13.2 Å². The van der Waals surface area contributed by atoms with Crippen molar-refractivity contribution in [2.24, 2.45) is 5.92 Å². The molecule has 2 atom stereocenters. The van der Waals surface area contributed by atoms with Gasteiger partial charge in [0, 0.05) is 7.11 Å². The zero-order chi connectivity index (χ0) is 17.8. The van der Waals surface area contributed by atoms with Gasteiger partial charge in [-0.05, 0) is 56.2 Å². The lowest BCUT2D eigenvalue weighted by atomic mass is 9.93. The van der Waals surface area contributed by atoms with E-state index in [9.17, 15) is 0 Å². The van der Waals surface area contributed by atoms with Crippen LogP contribution in [0, 0.1) is 5.92 Å². The minimum atomic E-state index is 0.0353. The zero-order valence-corrected chi connectivity index (χ0v) is 16.3. The molecule has 0 aliphatic carbocycles. The van der Waals surface area contributed by atoms with Gasteiger partial charge in [-0.15, -0.1) is 0 Å². The average Bonchev–Trinajstić information content (AvgIpc) is 2.60. The van der Waals surface area contributed by atoms with Crippen LogP contribution in [0.3, 0.4) is 0 Å². The molecule has 1 aromatic rings. The highest BCUT2D eigenvalue weighted by Gasteiger charge is 2.20. The number of methoxy groups -OCH3 is 1. The molecule has 0 fully saturated rings. The molecule has 2 nitrogen and oxygen atoms in total. The van der Waals surface area contributed by atoms with Crippen molar-refractivity contribution in [3.63, 3.8) is 0 Å². The Morgan fingerprint density at radius 1 is 1.21 bits per heavy atom. The molecule has 1 aromatic carbocycles. The van der Waals surface area contributed by atoms with Crippen LogP contribution in [-0.4, -0.2) is 19.3 Å². The van der Waals surface area contributed by atoms with E-state index < -0.39 is 0 Å². The molecule has 0 saturated heterocycles. The van der Waals surface area contributed by atoms with Gasteiger partial charge in [0.2, 0.25) is 0 Å². The Balaban J connectivity index is 2.43. The Morgan fingerprint density at radius 3 is 2.67 bits per heavy atom. The number of hydrogen-bond acceptors (Lipinski definition) is 2. The van der Waals surface area contributed by atoms with Gasteiger partial charge in [-0.1, -0.05) is 57.9 Å². The predicted molar refractivity (Wildman–Crippen MR) is 105 cm³/mol. The van der Waals surface area contributed by atoms with Crippen molar-refractivity contribution in [3.8, 4) is 5.75 Å². The average molecular weight is 333 g/mol. The summed E-state index contributed by atoms with van der Waals surface area (Å²) in [5.74, 6) is 1.55. The molecular formula is C22H36O2. The maximum absolute atomic E-state index is 5.77. The van der Waals surface area contributed by atoms with Gasteiger partial charge in [0.15, 0.2) is 0 Å².